The Morgan fingerprint density at radius 1 is 1.36 bits per heavy atom. The molecule has 1 aliphatic carbocycles. The number of ether oxygens (including phenoxy) is 1. The average molecular weight is 618 g/mol. The number of halogens is 2. The predicted molar refractivity (Wildman–Crippen MR) is 149 cm³/mol. The smallest absolute Gasteiger partial charge is 0.189 e. The lowest BCUT2D eigenvalue weighted by Gasteiger charge is -2.27. The van der Waals surface area contributed by atoms with Gasteiger partial charge < -0.3 is 19.9 Å². The summed E-state index contributed by atoms with van der Waals surface area (Å²) in [6, 6.07) is 5.86. The number of likely N-dealkylation sites (N-methyl/N-ethyl adjacent to an activating group) is 1. The van der Waals surface area contributed by atoms with Gasteiger partial charge in [0.15, 0.2) is 17.2 Å². The van der Waals surface area contributed by atoms with Crippen LogP contribution in [0.3, 0.4) is 0 Å². The molecule has 9 nitrogen and oxygen atoms in total. The number of allylic oxidation sites excluding steroid dienone is 3. The summed E-state index contributed by atoms with van der Waals surface area (Å²) in [4.78, 5) is 31.8. The summed E-state index contributed by atoms with van der Waals surface area (Å²) in [5.74, 6) is 1.58. The Morgan fingerprint density at radius 2 is 2.25 bits per heavy atom. The van der Waals surface area contributed by atoms with Crippen LogP contribution >= 0.6 is 34.5 Å². The molecule has 0 saturated carbocycles. The third-order valence-electron chi connectivity index (χ3n) is 6.60. The zero-order chi connectivity index (χ0) is 25.1. The summed E-state index contributed by atoms with van der Waals surface area (Å²) in [5.41, 5.74) is 4.50. The number of imidazole rings is 1. The molecular formula is C25H25ClIN7O2. The maximum absolute atomic E-state index is 13.3. The fourth-order valence-corrected chi connectivity index (χ4v) is 5.48. The molecule has 2 aromatic heterocycles. The first-order chi connectivity index (χ1) is 17.6. The maximum Gasteiger partial charge on any atom is 0.189 e. The molecule has 0 amide bonds. The minimum absolute atomic E-state index is 0.00488. The number of hydrogen-bond donors (Lipinski definition) is 2. The number of nitrogens with one attached hydrogen (secondary N) is 2. The van der Waals surface area contributed by atoms with Crippen molar-refractivity contribution < 1.29 is 9.53 Å². The molecule has 2 aliphatic rings. The molecule has 0 unspecified atom stereocenters. The van der Waals surface area contributed by atoms with Crippen LogP contribution in [0, 0.1) is 0 Å². The van der Waals surface area contributed by atoms with Gasteiger partial charge in [-0.25, -0.2) is 18.2 Å². The number of nitrogens with zero attached hydrogens (tertiary/aromatic N) is 5. The number of ketones is 1. The molecule has 1 fully saturated rings. The van der Waals surface area contributed by atoms with Gasteiger partial charge in [-0.3, -0.25) is 4.79 Å². The van der Waals surface area contributed by atoms with Gasteiger partial charge in [0.05, 0.1) is 52.2 Å². The quantitative estimate of drug-likeness (QED) is 0.228. The number of Topliss-reactive ketones (excluding diaryl/α,β-unsaturated/α-hetero) is 1. The largest absolute Gasteiger partial charge is 0.491 e. The van der Waals surface area contributed by atoms with Crippen LogP contribution in [-0.4, -0.2) is 58.2 Å². The summed E-state index contributed by atoms with van der Waals surface area (Å²) in [6.07, 6.45) is 9.93. The normalized spacial score (nSPS) is 19.8. The van der Waals surface area contributed by atoms with Gasteiger partial charge in [-0.05, 0) is 37.8 Å². The molecule has 0 spiro atoms. The second-order valence-electron chi connectivity index (χ2n) is 8.62. The van der Waals surface area contributed by atoms with E-state index in [1.54, 1.807) is 25.9 Å². The summed E-state index contributed by atoms with van der Waals surface area (Å²) in [7, 11) is 1.77. The average Bonchev–Trinajstić information content (AvgIpc) is 3.57. The van der Waals surface area contributed by atoms with Crippen molar-refractivity contribution in [3.63, 3.8) is 0 Å². The fraction of sp³-hybridized carbons (Fsp3) is 0.320. The highest BCUT2D eigenvalue weighted by Gasteiger charge is 2.30. The number of hydrogen-bond acceptors (Lipinski definition) is 8. The monoisotopic (exact) mass is 617 g/mol. The number of rotatable bonds is 7. The van der Waals surface area contributed by atoms with Crippen LogP contribution in [0.15, 0.2) is 56.4 Å². The van der Waals surface area contributed by atoms with E-state index in [1.807, 2.05) is 47.1 Å². The third kappa shape index (κ3) is 4.83. The first-order valence-electron chi connectivity index (χ1n) is 11.7. The van der Waals surface area contributed by atoms with E-state index in [0.717, 1.165) is 47.7 Å². The molecule has 2 N–H and O–H groups in total. The Bertz CT molecular complexity index is 1380. The summed E-state index contributed by atoms with van der Waals surface area (Å²) in [5, 5.41) is 3.50. The number of aromatic nitrogens is 4. The highest BCUT2D eigenvalue weighted by molar-refractivity contribution is 14.1. The molecule has 1 saturated heterocycles. The van der Waals surface area contributed by atoms with Gasteiger partial charge in [-0.1, -0.05) is 23.7 Å². The zero-order valence-corrected chi connectivity index (χ0v) is 22.6. The van der Waals surface area contributed by atoms with Crippen molar-refractivity contribution in [2.24, 2.45) is 3.21 Å². The Labute approximate surface area is 227 Å². The lowest BCUT2D eigenvalue weighted by molar-refractivity contribution is 0.102. The number of carbonyl (C=O) groups excluding carboxylic acids is 1. The molecule has 186 valence electrons. The Balaban J connectivity index is 1.35. The van der Waals surface area contributed by atoms with Crippen molar-refractivity contribution in [1.29, 1.82) is 0 Å². The minimum atomic E-state index is -0.00488. The van der Waals surface area contributed by atoms with Gasteiger partial charge in [0, 0.05) is 30.3 Å². The van der Waals surface area contributed by atoms with Crippen molar-refractivity contribution in [3.05, 3.63) is 64.4 Å². The summed E-state index contributed by atoms with van der Waals surface area (Å²) >= 11 is 8.16. The van der Waals surface area contributed by atoms with Crippen molar-refractivity contribution >= 4 is 63.4 Å². The van der Waals surface area contributed by atoms with Crippen LogP contribution in [-0.2, 0) is 6.42 Å². The SMILES string of the molecule is CNC(/C=C1/CCc2c(OC[C@H]3CCCN3c3ncnc4[nH]cnc34)cccc2C1=O)=C(Cl)\C=N/I. The second-order valence-corrected chi connectivity index (χ2v) is 9.58. The van der Waals surface area contributed by atoms with Crippen LogP contribution in [0.5, 0.6) is 5.75 Å². The predicted octanol–water partition coefficient (Wildman–Crippen LogP) is 4.55. The van der Waals surface area contributed by atoms with Crippen molar-refractivity contribution in [3.8, 4) is 5.75 Å². The van der Waals surface area contributed by atoms with Crippen LogP contribution in [0.2, 0.25) is 0 Å². The van der Waals surface area contributed by atoms with Gasteiger partial charge >= 0.3 is 0 Å². The molecule has 0 bridgehead atoms. The number of H-pyrrole nitrogens is 1. The molecule has 3 aromatic rings. The molecule has 3 heterocycles. The maximum atomic E-state index is 13.3. The van der Waals surface area contributed by atoms with Gasteiger partial charge in [-0.15, -0.1) is 0 Å². The standard InChI is InChI=1S/C25H25ClIN7O2/c1-28-20(19(26)11-33-27)10-15-7-8-17-18(23(15)35)5-2-6-21(17)36-12-16-4-3-9-34(16)25-22-24(30-13-29-22)31-14-32-25/h2,5-6,10-11,13-14,16,28H,3-4,7-9,12H2,1H3,(H,29,30,31,32)/b15-10-,20-19+,33-11-/t16-/m1/s1. The molecule has 1 aromatic carbocycles. The van der Waals surface area contributed by atoms with E-state index >= 15 is 0 Å². The molecular weight excluding hydrogens is 593 g/mol. The minimum Gasteiger partial charge on any atom is -0.491 e. The van der Waals surface area contributed by atoms with Crippen molar-refractivity contribution in [1.82, 2.24) is 25.3 Å². The highest BCUT2D eigenvalue weighted by atomic mass is 127. The lowest BCUT2D eigenvalue weighted by atomic mass is 9.86. The summed E-state index contributed by atoms with van der Waals surface area (Å²) < 4.78 is 10.3. The Morgan fingerprint density at radius 3 is 3.08 bits per heavy atom. The topological polar surface area (TPSA) is 108 Å². The van der Waals surface area contributed by atoms with Gasteiger partial charge in [0.25, 0.3) is 0 Å². The number of carbonyl (C=O) groups is 1. The van der Waals surface area contributed by atoms with Gasteiger partial charge in [0.2, 0.25) is 0 Å². The first kappa shape index (κ1) is 24.7. The van der Waals surface area contributed by atoms with Gasteiger partial charge in [-0.2, -0.15) is 0 Å². The molecule has 0 radical (unpaired) electrons. The van der Waals surface area contributed by atoms with Crippen LogP contribution in [0.4, 0.5) is 5.82 Å². The van der Waals surface area contributed by atoms with E-state index in [0.29, 0.717) is 41.3 Å². The van der Waals surface area contributed by atoms with E-state index < -0.39 is 0 Å². The Hall–Kier alpha value is -2.99. The lowest BCUT2D eigenvalue weighted by Crippen LogP contribution is -2.35. The zero-order valence-electron chi connectivity index (χ0n) is 19.7. The van der Waals surface area contributed by atoms with Gasteiger partial charge in [0.1, 0.15) is 24.2 Å². The molecule has 1 atom stereocenters. The molecule has 5 rings (SSSR count). The summed E-state index contributed by atoms with van der Waals surface area (Å²) in [6.45, 7) is 1.39. The molecule has 1 aliphatic heterocycles. The fourth-order valence-electron chi connectivity index (χ4n) is 4.84. The third-order valence-corrected chi connectivity index (χ3v) is 7.18. The number of anilines is 1. The van der Waals surface area contributed by atoms with Crippen LogP contribution in [0.1, 0.15) is 35.2 Å². The van der Waals surface area contributed by atoms with E-state index in [1.165, 1.54) is 0 Å². The number of benzene rings is 1. The highest BCUT2D eigenvalue weighted by Crippen LogP contribution is 2.34. The van der Waals surface area contributed by atoms with Crippen LogP contribution < -0.4 is 15.0 Å². The number of fused-ring (bicyclic) bond motifs is 2. The number of aromatic amines is 1. The van der Waals surface area contributed by atoms with Crippen molar-refractivity contribution in [2.75, 3.05) is 25.1 Å². The van der Waals surface area contributed by atoms with E-state index in [9.17, 15) is 4.79 Å². The van der Waals surface area contributed by atoms with Crippen LogP contribution in [0.25, 0.3) is 11.2 Å². The van der Waals surface area contributed by atoms with E-state index in [-0.39, 0.29) is 11.8 Å². The van der Waals surface area contributed by atoms with E-state index in [2.05, 4.69) is 33.4 Å². The Kier molecular flexibility index (Phi) is 7.51. The van der Waals surface area contributed by atoms with Crippen molar-refractivity contribution in [2.45, 2.75) is 31.7 Å². The molecule has 36 heavy (non-hydrogen) atoms. The molecule has 11 heteroatoms. The van der Waals surface area contributed by atoms with E-state index in [4.69, 9.17) is 16.3 Å². The first-order valence-corrected chi connectivity index (χ1v) is 13.1. The second kappa shape index (κ2) is 11.0.